The molecule has 0 atom stereocenters. The lowest BCUT2D eigenvalue weighted by molar-refractivity contribution is 0.142. The van der Waals surface area contributed by atoms with Crippen molar-refractivity contribution in [1.82, 2.24) is 5.32 Å². The molecule has 0 heterocycles. The largest absolute Gasteiger partial charge is 0.450 e. The van der Waals surface area contributed by atoms with Gasteiger partial charge in [0.1, 0.15) is 0 Å². The molecule has 1 saturated carbocycles. The smallest absolute Gasteiger partial charge is 0.407 e. The second-order valence-corrected chi connectivity index (χ2v) is 4.65. The van der Waals surface area contributed by atoms with E-state index in [9.17, 15) is 4.79 Å². The Bertz CT molecular complexity index is 261. The Morgan fingerprint density at radius 2 is 1.94 bits per heavy atom. The number of hydrogen-bond donors (Lipinski definition) is 2. The van der Waals surface area contributed by atoms with Crippen LogP contribution in [0.25, 0.3) is 0 Å². The fourth-order valence-corrected chi connectivity index (χ4v) is 2.38. The summed E-state index contributed by atoms with van der Waals surface area (Å²) in [7, 11) is 0. The van der Waals surface area contributed by atoms with E-state index in [1.807, 2.05) is 0 Å². The second-order valence-electron chi connectivity index (χ2n) is 4.21. The van der Waals surface area contributed by atoms with Crippen LogP contribution in [0.3, 0.4) is 0 Å². The summed E-state index contributed by atoms with van der Waals surface area (Å²) in [4.78, 5) is 11.9. The van der Waals surface area contributed by atoms with E-state index in [4.69, 9.17) is 22.7 Å². The number of hydrogen-bond acceptors (Lipinski definition) is 3. The van der Waals surface area contributed by atoms with E-state index in [-0.39, 0.29) is 0 Å². The van der Waals surface area contributed by atoms with Crippen LogP contribution < -0.4 is 11.1 Å². The minimum atomic E-state index is -0.530. The van der Waals surface area contributed by atoms with Crippen molar-refractivity contribution < 1.29 is 9.53 Å². The highest BCUT2D eigenvalue weighted by Crippen LogP contribution is 2.27. The van der Waals surface area contributed by atoms with Crippen LogP contribution >= 0.6 is 12.2 Å². The standard InChI is InChI=1S/C11H20N2O2S/c1-2-15-10(14)13-11(9(12)16)7-5-3-4-6-8-11/h2-8H2,1H3,(H2,12,16)(H,13,14). The average Bonchev–Trinajstić information content (AvgIpc) is 2.44. The molecule has 1 rings (SSSR count). The Labute approximate surface area is 102 Å². The molecule has 0 aromatic carbocycles. The zero-order valence-corrected chi connectivity index (χ0v) is 10.6. The number of amides is 1. The van der Waals surface area contributed by atoms with Crippen molar-refractivity contribution in [2.75, 3.05) is 6.61 Å². The molecule has 92 valence electrons. The molecule has 0 aromatic heterocycles. The van der Waals surface area contributed by atoms with Gasteiger partial charge in [0.2, 0.25) is 0 Å². The number of rotatable bonds is 3. The van der Waals surface area contributed by atoms with Gasteiger partial charge in [-0.25, -0.2) is 4.79 Å². The van der Waals surface area contributed by atoms with Crippen LogP contribution in [0.1, 0.15) is 45.4 Å². The minimum absolute atomic E-state index is 0.360. The third-order valence-electron chi connectivity index (χ3n) is 3.05. The highest BCUT2D eigenvalue weighted by molar-refractivity contribution is 7.80. The summed E-state index contributed by atoms with van der Waals surface area (Å²) >= 11 is 5.10. The van der Waals surface area contributed by atoms with Gasteiger partial charge in [0.05, 0.1) is 17.1 Å². The summed E-state index contributed by atoms with van der Waals surface area (Å²) in [6, 6.07) is 0. The average molecular weight is 244 g/mol. The Kier molecular flexibility index (Phi) is 4.99. The summed E-state index contributed by atoms with van der Waals surface area (Å²) in [6.07, 6.45) is 5.66. The quantitative estimate of drug-likeness (QED) is 0.589. The van der Waals surface area contributed by atoms with Crippen LogP contribution in [0, 0.1) is 0 Å². The summed E-state index contributed by atoms with van der Waals surface area (Å²) in [5, 5.41) is 2.85. The fourth-order valence-electron chi connectivity index (χ4n) is 2.13. The molecule has 5 heteroatoms. The first kappa shape index (κ1) is 13.2. The van der Waals surface area contributed by atoms with E-state index in [0.717, 1.165) is 25.7 Å². The first-order valence-electron chi connectivity index (χ1n) is 5.85. The molecule has 0 unspecified atom stereocenters. The van der Waals surface area contributed by atoms with Gasteiger partial charge in [0.15, 0.2) is 0 Å². The van der Waals surface area contributed by atoms with Crippen LogP contribution in [-0.4, -0.2) is 23.2 Å². The molecule has 0 aliphatic heterocycles. The Hall–Kier alpha value is -0.840. The van der Waals surface area contributed by atoms with Crippen LogP contribution in [0.4, 0.5) is 4.79 Å². The molecule has 16 heavy (non-hydrogen) atoms. The van der Waals surface area contributed by atoms with E-state index < -0.39 is 11.6 Å². The highest BCUT2D eigenvalue weighted by Gasteiger charge is 2.35. The van der Waals surface area contributed by atoms with Crippen molar-refractivity contribution in [2.24, 2.45) is 5.73 Å². The predicted molar refractivity (Wildman–Crippen MR) is 67.4 cm³/mol. The van der Waals surface area contributed by atoms with Gasteiger partial charge in [-0.05, 0) is 19.8 Å². The molecule has 3 N–H and O–H groups in total. The zero-order chi connectivity index (χ0) is 12.0. The predicted octanol–water partition coefficient (Wildman–Crippen LogP) is 2.11. The van der Waals surface area contributed by atoms with E-state index in [2.05, 4.69) is 5.32 Å². The topological polar surface area (TPSA) is 64.3 Å². The van der Waals surface area contributed by atoms with Gasteiger partial charge in [-0.2, -0.15) is 0 Å². The molecular formula is C11H20N2O2S. The summed E-state index contributed by atoms with van der Waals surface area (Å²) in [6.45, 7) is 2.14. The molecule has 1 aliphatic rings. The van der Waals surface area contributed by atoms with Gasteiger partial charge < -0.3 is 15.8 Å². The normalized spacial score (nSPS) is 19.6. The van der Waals surface area contributed by atoms with Crippen molar-refractivity contribution in [1.29, 1.82) is 0 Å². The van der Waals surface area contributed by atoms with Gasteiger partial charge in [-0.15, -0.1) is 0 Å². The minimum Gasteiger partial charge on any atom is -0.450 e. The zero-order valence-electron chi connectivity index (χ0n) is 9.75. The van der Waals surface area contributed by atoms with Crippen LogP contribution in [0.5, 0.6) is 0 Å². The van der Waals surface area contributed by atoms with Crippen molar-refractivity contribution in [3.8, 4) is 0 Å². The molecule has 0 radical (unpaired) electrons. The summed E-state index contributed by atoms with van der Waals surface area (Å²) in [5.74, 6) is 0. The third-order valence-corrected chi connectivity index (χ3v) is 3.44. The SMILES string of the molecule is CCOC(=O)NC1(C(N)=S)CCCCCC1. The van der Waals surface area contributed by atoms with Crippen LogP contribution in [-0.2, 0) is 4.74 Å². The number of alkyl carbamates (subject to hydrolysis) is 1. The lowest BCUT2D eigenvalue weighted by Gasteiger charge is -2.32. The van der Waals surface area contributed by atoms with Crippen molar-refractivity contribution in [3.05, 3.63) is 0 Å². The third kappa shape index (κ3) is 3.33. The Balaban J connectivity index is 2.70. The molecular weight excluding hydrogens is 224 g/mol. The molecule has 1 amide bonds. The van der Waals surface area contributed by atoms with Crippen LogP contribution in [0.15, 0.2) is 0 Å². The van der Waals surface area contributed by atoms with Gasteiger partial charge in [0, 0.05) is 0 Å². The number of thiocarbonyl (C=S) groups is 1. The first-order valence-corrected chi connectivity index (χ1v) is 6.26. The van der Waals surface area contributed by atoms with Gasteiger partial charge in [0.25, 0.3) is 0 Å². The lowest BCUT2D eigenvalue weighted by atomic mass is 9.90. The lowest BCUT2D eigenvalue weighted by Crippen LogP contribution is -2.56. The van der Waals surface area contributed by atoms with E-state index in [0.29, 0.717) is 11.6 Å². The van der Waals surface area contributed by atoms with Crippen LogP contribution in [0.2, 0.25) is 0 Å². The first-order chi connectivity index (χ1) is 7.60. The van der Waals surface area contributed by atoms with Gasteiger partial charge in [-0.1, -0.05) is 37.9 Å². The number of nitrogens with one attached hydrogen (secondary N) is 1. The fraction of sp³-hybridized carbons (Fsp3) is 0.818. The van der Waals surface area contributed by atoms with E-state index in [1.165, 1.54) is 12.8 Å². The Morgan fingerprint density at radius 3 is 2.38 bits per heavy atom. The maximum atomic E-state index is 11.5. The molecule has 0 saturated heterocycles. The number of carbonyl (C=O) groups is 1. The van der Waals surface area contributed by atoms with Gasteiger partial charge in [-0.3, -0.25) is 0 Å². The number of ether oxygens (including phenoxy) is 1. The maximum Gasteiger partial charge on any atom is 0.407 e. The molecule has 0 spiro atoms. The maximum absolute atomic E-state index is 11.5. The van der Waals surface area contributed by atoms with Crippen molar-refractivity contribution in [2.45, 2.75) is 51.0 Å². The molecule has 1 fully saturated rings. The molecule has 0 bridgehead atoms. The summed E-state index contributed by atoms with van der Waals surface area (Å²) < 4.78 is 4.90. The summed E-state index contributed by atoms with van der Waals surface area (Å²) in [5.41, 5.74) is 5.25. The molecule has 0 aromatic rings. The number of nitrogens with two attached hydrogens (primary N) is 1. The monoisotopic (exact) mass is 244 g/mol. The van der Waals surface area contributed by atoms with E-state index in [1.54, 1.807) is 6.92 Å². The van der Waals surface area contributed by atoms with E-state index >= 15 is 0 Å². The van der Waals surface area contributed by atoms with Gasteiger partial charge >= 0.3 is 6.09 Å². The molecule has 1 aliphatic carbocycles. The van der Waals surface area contributed by atoms with Crippen molar-refractivity contribution in [3.63, 3.8) is 0 Å². The highest BCUT2D eigenvalue weighted by atomic mass is 32.1. The Morgan fingerprint density at radius 1 is 1.38 bits per heavy atom. The number of carbonyl (C=O) groups excluding carboxylic acids is 1. The molecule has 4 nitrogen and oxygen atoms in total. The van der Waals surface area contributed by atoms with Crippen molar-refractivity contribution >= 4 is 23.3 Å². The second kappa shape index (κ2) is 6.03.